The zero-order valence-corrected chi connectivity index (χ0v) is 12.9. The lowest BCUT2D eigenvalue weighted by Crippen LogP contribution is -2.45. The number of hydrogen-bond donors (Lipinski definition) is 1. The topological polar surface area (TPSA) is 15.3 Å². The monoisotopic (exact) mass is 298 g/mol. The number of halogens is 2. The largest absolute Gasteiger partial charge is 0.314 e. The molecule has 1 atom stereocenters. The van der Waals surface area contributed by atoms with E-state index in [1.807, 2.05) is 13.0 Å². The molecule has 1 aliphatic heterocycles. The molecule has 0 unspecified atom stereocenters. The van der Waals surface area contributed by atoms with E-state index < -0.39 is 0 Å². The summed E-state index contributed by atoms with van der Waals surface area (Å²) in [6.07, 6.45) is 4.00. The van der Waals surface area contributed by atoms with Gasteiger partial charge in [0.15, 0.2) is 0 Å². The third-order valence-electron chi connectivity index (χ3n) is 4.44. The van der Waals surface area contributed by atoms with Crippen LogP contribution in [0.15, 0.2) is 18.2 Å². The summed E-state index contributed by atoms with van der Waals surface area (Å²) in [6.45, 7) is 6.39. The van der Waals surface area contributed by atoms with E-state index in [0.717, 1.165) is 37.7 Å². The number of aryl methyl sites for hydroxylation is 1. The molecule has 1 N–H and O–H groups in total. The smallest absolute Gasteiger partial charge is 0.123 e. The van der Waals surface area contributed by atoms with Crippen LogP contribution in [0.5, 0.6) is 0 Å². The summed E-state index contributed by atoms with van der Waals surface area (Å²) in [6, 6.07) is 5.77. The molecule has 0 spiro atoms. The van der Waals surface area contributed by atoms with E-state index >= 15 is 0 Å². The Kier molecular flexibility index (Phi) is 5.42. The average Bonchev–Trinajstić information content (AvgIpc) is 3.22. The molecule has 1 aliphatic carbocycles. The van der Waals surface area contributed by atoms with Crippen LogP contribution in [0.2, 0.25) is 0 Å². The van der Waals surface area contributed by atoms with Gasteiger partial charge in [0.25, 0.3) is 0 Å². The highest BCUT2D eigenvalue weighted by molar-refractivity contribution is 5.85. The number of nitrogens with zero attached hydrogens (tertiary/aromatic N) is 1. The minimum Gasteiger partial charge on any atom is -0.314 e. The maximum Gasteiger partial charge on any atom is 0.123 e. The van der Waals surface area contributed by atoms with Crippen LogP contribution in [0, 0.1) is 18.7 Å². The highest BCUT2D eigenvalue weighted by atomic mass is 35.5. The van der Waals surface area contributed by atoms with Crippen molar-refractivity contribution in [3.8, 4) is 0 Å². The Hall–Kier alpha value is -0.640. The highest BCUT2D eigenvalue weighted by Gasteiger charge is 2.31. The van der Waals surface area contributed by atoms with E-state index in [1.165, 1.54) is 24.8 Å². The molecule has 112 valence electrons. The summed E-state index contributed by atoms with van der Waals surface area (Å²) in [4.78, 5) is 2.58. The SMILES string of the molecule is Cc1cc(F)ccc1[C@@H](CC1CC1)N1CCNCC1.Cl. The number of hydrogen-bond acceptors (Lipinski definition) is 2. The standard InChI is InChI=1S/C16H23FN2.ClH/c1-12-10-14(17)4-5-15(12)16(11-13-2-3-13)19-8-6-18-7-9-19;/h4-5,10,13,16,18H,2-3,6-9,11H2,1H3;1H/t16-;/m1./s1. The molecule has 2 nitrogen and oxygen atoms in total. The third-order valence-corrected chi connectivity index (χ3v) is 4.44. The molecule has 1 heterocycles. The van der Waals surface area contributed by atoms with Crippen LogP contribution in [0.3, 0.4) is 0 Å². The van der Waals surface area contributed by atoms with E-state index in [1.54, 1.807) is 12.1 Å². The first-order chi connectivity index (χ1) is 9.24. The predicted octanol–water partition coefficient (Wildman–Crippen LogP) is 3.30. The predicted molar refractivity (Wildman–Crippen MR) is 82.9 cm³/mol. The van der Waals surface area contributed by atoms with E-state index in [2.05, 4.69) is 10.2 Å². The van der Waals surface area contributed by atoms with E-state index in [4.69, 9.17) is 0 Å². The molecule has 1 saturated carbocycles. The summed E-state index contributed by atoms with van der Waals surface area (Å²) in [5, 5.41) is 3.41. The lowest BCUT2D eigenvalue weighted by atomic mass is 9.95. The van der Waals surface area contributed by atoms with Crippen LogP contribution in [0.1, 0.15) is 36.4 Å². The second-order valence-electron chi connectivity index (χ2n) is 5.98. The van der Waals surface area contributed by atoms with Crippen LogP contribution < -0.4 is 5.32 Å². The van der Waals surface area contributed by atoms with Crippen LogP contribution in [0.25, 0.3) is 0 Å². The average molecular weight is 299 g/mol. The molecule has 2 fully saturated rings. The maximum atomic E-state index is 13.3. The lowest BCUT2D eigenvalue weighted by Gasteiger charge is -2.36. The van der Waals surface area contributed by atoms with Gasteiger partial charge in [-0.05, 0) is 42.5 Å². The van der Waals surface area contributed by atoms with E-state index in [-0.39, 0.29) is 18.2 Å². The lowest BCUT2D eigenvalue weighted by molar-refractivity contribution is 0.160. The molecule has 3 rings (SSSR count). The van der Waals surface area contributed by atoms with Gasteiger partial charge in [-0.25, -0.2) is 4.39 Å². The summed E-state index contributed by atoms with van der Waals surface area (Å²) in [5.41, 5.74) is 2.43. The molecule has 20 heavy (non-hydrogen) atoms. The Morgan fingerprint density at radius 3 is 2.60 bits per heavy atom. The molecule has 0 aromatic heterocycles. The van der Waals surface area contributed by atoms with Crippen molar-refractivity contribution in [2.45, 2.75) is 32.2 Å². The van der Waals surface area contributed by atoms with Crippen molar-refractivity contribution in [2.24, 2.45) is 5.92 Å². The second-order valence-corrected chi connectivity index (χ2v) is 5.98. The fraction of sp³-hybridized carbons (Fsp3) is 0.625. The molecule has 1 aromatic carbocycles. The molecule has 0 radical (unpaired) electrons. The van der Waals surface area contributed by atoms with Crippen molar-refractivity contribution in [1.82, 2.24) is 10.2 Å². The van der Waals surface area contributed by atoms with Crippen molar-refractivity contribution in [1.29, 1.82) is 0 Å². The molecule has 0 amide bonds. The van der Waals surface area contributed by atoms with Gasteiger partial charge in [-0.2, -0.15) is 0 Å². The van der Waals surface area contributed by atoms with E-state index in [0.29, 0.717) is 6.04 Å². The molecular formula is C16H24ClFN2. The Bertz CT molecular complexity index is 442. The van der Waals surface area contributed by atoms with Gasteiger partial charge in [0, 0.05) is 32.2 Å². The van der Waals surface area contributed by atoms with Gasteiger partial charge >= 0.3 is 0 Å². The Balaban J connectivity index is 0.00000147. The van der Waals surface area contributed by atoms with Gasteiger partial charge in [0.05, 0.1) is 0 Å². The van der Waals surface area contributed by atoms with Crippen molar-refractivity contribution in [2.75, 3.05) is 26.2 Å². The van der Waals surface area contributed by atoms with Gasteiger partial charge in [0.1, 0.15) is 5.82 Å². The zero-order valence-electron chi connectivity index (χ0n) is 12.1. The van der Waals surface area contributed by atoms with Crippen LogP contribution in [-0.4, -0.2) is 31.1 Å². The van der Waals surface area contributed by atoms with Crippen LogP contribution in [0.4, 0.5) is 4.39 Å². The van der Waals surface area contributed by atoms with Crippen LogP contribution >= 0.6 is 12.4 Å². The first kappa shape index (κ1) is 15.7. The Morgan fingerprint density at radius 1 is 1.30 bits per heavy atom. The summed E-state index contributed by atoms with van der Waals surface area (Å²) in [7, 11) is 0. The zero-order chi connectivity index (χ0) is 13.2. The Morgan fingerprint density at radius 2 is 2.00 bits per heavy atom. The van der Waals surface area contributed by atoms with Crippen molar-refractivity contribution < 1.29 is 4.39 Å². The first-order valence-corrected chi connectivity index (χ1v) is 7.45. The van der Waals surface area contributed by atoms with Crippen molar-refractivity contribution in [3.63, 3.8) is 0 Å². The van der Waals surface area contributed by atoms with Crippen molar-refractivity contribution >= 4 is 12.4 Å². The summed E-state index contributed by atoms with van der Waals surface area (Å²) >= 11 is 0. The minimum atomic E-state index is -0.119. The Labute approximate surface area is 127 Å². The number of benzene rings is 1. The fourth-order valence-electron chi connectivity index (χ4n) is 3.15. The molecule has 0 bridgehead atoms. The number of piperazine rings is 1. The summed E-state index contributed by atoms with van der Waals surface area (Å²) in [5.74, 6) is 0.774. The maximum absolute atomic E-state index is 13.3. The normalized spacial score (nSPS) is 21.3. The van der Waals surface area contributed by atoms with Crippen LogP contribution in [-0.2, 0) is 0 Å². The van der Waals surface area contributed by atoms with E-state index in [9.17, 15) is 4.39 Å². The molecule has 1 aromatic rings. The van der Waals surface area contributed by atoms with Gasteiger partial charge < -0.3 is 5.32 Å². The molecule has 4 heteroatoms. The molecule has 1 saturated heterocycles. The number of nitrogens with one attached hydrogen (secondary N) is 1. The third kappa shape index (κ3) is 3.72. The molecule has 2 aliphatic rings. The number of rotatable bonds is 4. The first-order valence-electron chi connectivity index (χ1n) is 7.45. The fourth-order valence-corrected chi connectivity index (χ4v) is 3.15. The van der Waals surface area contributed by atoms with Gasteiger partial charge in [0.2, 0.25) is 0 Å². The van der Waals surface area contributed by atoms with Gasteiger partial charge in [-0.15, -0.1) is 12.4 Å². The quantitative estimate of drug-likeness (QED) is 0.917. The highest BCUT2D eigenvalue weighted by Crippen LogP contribution is 2.40. The summed E-state index contributed by atoms with van der Waals surface area (Å²) < 4.78 is 13.3. The van der Waals surface area contributed by atoms with Gasteiger partial charge in [-0.1, -0.05) is 18.9 Å². The molecular weight excluding hydrogens is 275 g/mol. The van der Waals surface area contributed by atoms with Gasteiger partial charge in [-0.3, -0.25) is 4.90 Å². The second kappa shape index (κ2) is 6.88. The minimum absolute atomic E-state index is 0. The van der Waals surface area contributed by atoms with Crippen molar-refractivity contribution in [3.05, 3.63) is 35.1 Å².